The number of carbonyl (C=O) groups is 1. The number of benzene rings is 1. The van der Waals surface area contributed by atoms with Gasteiger partial charge in [-0.3, -0.25) is 4.79 Å². The molecule has 0 aliphatic heterocycles. The van der Waals surface area contributed by atoms with Gasteiger partial charge >= 0.3 is 0 Å². The maximum absolute atomic E-state index is 12.8. The maximum atomic E-state index is 12.8. The molecule has 0 saturated heterocycles. The van der Waals surface area contributed by atoms with Gasteiger partial charge in [0.25, 0.3) is 0 Å². The van der Waals surface area contributed by atoms with Gasteiger partial charge in [0, 0.05) is 13.0 Å². The molecule has 1 amide bonds. The van der Waals surface area contributed by atoms with Crippen LogP contribution in [0.5, 0.6) is 0 Å². The van der Waals surface area contributed by atoms with E-state index in [4.69, 9.17) is 0 Å². The molecule has 0 unspecified atom stereocenters. The van der Waals surface area contributed by atoms with Crippen LogP contribution >= 0.6 is 0 Å². The van der Waals surface area contributed by atoms with E-state index in [-0.39, 0.29) is 18.9 Å². The Balaban J connectivity index is 2.73. The average Bonchev–Trinajstić information content (AvgIpc) is 2.29. The Morgan fingerprint density at radius 2 is 2.00 bits per heavy atom. The normalized spacial score (nSPS) is 9.71. The van der Waals surface area contributed by atoms with Gasteiger partial charge in [-0.2, -0.15) is 0 Å². The van der Waals surface area contributed by atoms with Gasteiger partial charge in [0.15, 0.2) is 0 Å². The van der Waals surface area contributed by atoms with Gasteiger partial charge in [0.1, 0.15) is 5.83 Å². The minimum atomic E-state index is -0.515. The zero-order valence-corrected chi connectivity index (χ0v) is 9.73. The number of hydrogen-bond acceptors (Lipinski definition) is 1. The summed E-state index contributed by atoms with van der Waals surface area (Å²) in [7, 11) is 0. The van der Waals surface area contributed by atoms with Crippen LogP contribution in [0.4, 0.5) is 4.39 Å². The predicted octanol–water partition coefficient (Wildman–Crippen LogP) is 3.07. The lowest BCUT2D eigenvalue weighted by atomic mass is 10.2. The standard InChI is InChI=1S/C14H16FNO/c1-3-7-14(17)16(10-12(2)15)11-13-8-5-4-6-9-13/h3-6,8-9H,1-2,7,10-11H2. The Kier molecular flexibility index (Phi) is 5.14. The lowest BCUT2D eigenvalue weighted by molar-refractivity contribution is -0.130. The number of hydrogen-bond donors (Lipinski definition) is 0. The van der Waals surface area contributed by atoms with Crippen molar-refractivity contribution in [3.63, 3.8) is 0 Å². The summed E-state index contributed by atoms with van der Waals surface area (Å²) in [4.78, 5) is 13.2. The predicted molar refractivity (Wildman–Crippen MR) is 66.9 cm³/mol. The van der Waals surface area contributed by atoms with Crippen LogP contribution in [0.1, 0.15) is 12.0 Å². The van der Waals surface area contributed by atoms with Crippen molar-refractivity contribution in [2.24, 2.45) is 0 Å². The van der Waals surface area contributed by atoms with Crippen molar-refractivity contribution in [3.8, 4) is 0 Å². The van der Waals surface area contributed by atoms with Gasteiger partial charge in [-0.25, -0.2) is 4.39 Å². The van der Waals surface area contributed by atoms with E-state index in [0.717, 1.165) is 5.56 Å². The zero-order chi connectivity index (χ0) is 12.7. The highest BCUT2D eigenvalue weighted by molar-refractivity contribution is 5.77. The van der Waals surface area contributed by atoms with Gasteiger partial charge < -0.3 is 4.90 Å². The van der Waals surface area contributed by atoms with E-state index in [0.29, 0.717) is 6.54 Å². The fourth-order valence-electron chi connectivity index (χ4n) is 1.50. The zero-order valence-electron chi connectivity index (χ0n) is 9.73. The lowest BCUT2D eigenvalue weighted by Crippen LogP contribution is -2.31. The number of carbonyl (C=O) groups excluding carboxylic acids is 1. The second-order valence-electron chi connectivity index (χ2n) is 3.75. The third-order valence-corrected chi connectivity index (χ3v) is 2.25. The van der Waals surface area contributed by atoms with Gasteiger partial charge in [-0.15, -0.1) is 6.58 Å². The molecule has 1 aromatic carbocycles. The average molecular weight is 233 g/mol. The third kappa shape index (κ3) is 4.64. The molecule has 1 aromatic rings. The van der Waals surface area contributed by atoms with Crippen LogP contribution in [-0.4, -0.2) is 17.4 Å². The Morgan fingerprint density at radius 3 is 2.53 bits per heavy atom. The molecule has 3 heteroatoms. The molecule has 0 aliphatic carbocycles. The van der Waals surface area contributed by atoms with Crippen LogP contribution in [0.3, 0.4) is 0 Å². The van der Waals surface area contributed by atoms with Crippen molar-refractivity contribution in [1.29, 1.82) is 0 Å². The highest BCUT2D eigenvalue weighted by atomic mass is 19.1. The first-order chi connectivity index (χ1) is 8.13. The van der Waals surface area contributed by atoms with Crippen LogP contribution in [0.25, 0.3) is 0 Å². The first-order valence-electron chi connectivity index (χ1n) is 5.39. The fourth-order valence-corrected chi connectivity index (χ4v) is 1.50. The van der Waals surface area contributed by atoms with Crippen LogP contribution in [0.15, 0.2) is 55.4 Å². The van der Waals surface area contributed by atoms with E-state index in [1.165, 1.54) is 11.0 Å². The number of halogens is 1. The second kappa shape index (κ2) is 6.63. The Labute approximate surface area is 101 Å². The molecule has 0 saturated carbocycles. The van der Waals surface area contributed by atoms with Crippen molar-refractivity contribution in [3.05, 3.63) is 61.0 Å². The quantitative estimate of drug-likeness (QED) is 0.691. The van der Waals surface area contributed by atoms with Crippen LogP contribution < -0.4 is 0 Å². The summed E-state index contributed by atoms with van der Waals surface area (Å²) >= 11 is 0. The van der Waals surface area contributed by atoms with E-state index in [1.54, 1.807) is 0 Å². The van der Waals surface area contributed by atoms with Crippen molar-refractivity contribution in [2.75, 3.05) is 6.54 Å². The summed E-state index contributed by atoms with van der Waals surface area (Å²) in [5, 5.41) is 0. The molecular weight excluding hydrogens is 217 g/mol. The molecule has 0 N–H and O–H groups in total. The third-order valence-electron chi connectivity index (χ3n) is 2.25. The van der Waals surface area contributed by atoms with E-state index in [1.807, 2.05) is 30.3 Å². The molecule has 0 aliphatic rings. The van der Waals surface area contributed by atoms with Crippen molar-refractivity contribution in [2.45, 2.75) is 13.0 Å². The van der Waals surface area contributed by atoms with E-state index in [2.05, 4.69) is 13.2 Å². The molecule has 17 heavy (non-hydrogen) atoms. The molecule has 0 radical (unpaired) electrons. The van der Waals surface area contributed by atoms with Crippen LogP contribution in [0.2, 0.25) is 0 Å². The molecular formula is C14H16FNO. The Bertz CT molecular complexity index is 400. The van der Waals surface area contributed by atoms with Gasteiger partial charge in [0.2, 0.25) is 5.91 Å². The maximum Gasteiger partial charge on any atom is 0.227 e. The first-order valence-corrected chi connectivity index (χ1v) is 5.39. The summed E-state index contributed by atoms with van der Waals surface area (Å²) in [6.45, 7) is 7.02. The van der Waals surface area contributed by atoms with Crippen molar-refractivity contribution >= 4 is 5.91 Å². The molecule has 0 aromatic heterocycles. The first kappa shape index (κ1) is 13.2. The molecule has 0 atom stereocenters. The molecule has 0 heterocycles. The van der Waals surface area contributed by atoms with Gasteiger partial charge in [0.05, 0.1) is 6.54 Å². The monoisotopic (exact) mass is 233 g/mol. The molecule has 90 valence electrons. The van der Waals surface area contributed by atoms with E-state index in [9.17, 15) is 9.18 Å². The summed E-state index contributed by atoms with van der Waals surface area (Å²) < 4.78 is 12.8. The molecule has 1 rings (SSSR count). The Hall–Kier alpha value is -1.90. The minimum absolute atomic E-state index is 0.0679. The number of amides is 1. The number of nitrogens with zero attached hydrogens (tertiary/aromatic N) is 1. The Morgan fingerprint density at radius 1 is 1.35 bits per heavy atom. The van der Waals surface area contributed by atoms with Gasteiger partial charge in [-0.05, 0) is 5.56 Å². The second-order valence-corrected chi connectivity index (χ2v) is 3.75. The van der Waals surface area contributed by atoms with Crippen molar-refractivity contribution in [1.82, 2.24) is 4.90 Å². The summed E-state index contributed by atoms with van der Waals surface area (Å²) in [5.74, 6) is -0.666. The van der Waals surface area contributed by atoms with Crippen LogP contribution in [0, 0.1) is 0 Å². The molecule has 0 bridgehead atoms. The smallest absolute Gasteiger partial charge is 0.227 e. The van der Waals surface area contributed by atoms with Crippen LogP contribution in [-0.2, 0) is 11.3 Å². The highest BCUT2D eigenvalue weighted by Crippen LogP contribution is 2.09. The highest BCUT2D eigenvalue weighted by Gasteiger charge is 2.13. The van der Waals surface area contributed by atoms with E-state index < -0.39 is 5.83 Å². The SMILES string of the molecule is C=CCC(=O)N(CC(=C)F)Cc1ccccc1. The molecule has 0 spiro atoms. The number of rotatable bonds is 6. The summed E-state index contributed by atoms with van der Waals surface area (Å²) in [6, 6.07) is 9.46. The lowest BCUT2D eigenvalue weighted by Gasteiger charge is -2.21. The van der Waals surface area contributed by atoms with E-state index >= 15 is 0 Å². The molecule has 0 fully saturated rings. The summed E-state index contributed by atoms with van der Waals surface area (Å²) in [6.07, 6.45) is 1.72. The minimum Gasteiger partial charge on any atom is -0.331 e. The summed E-state index contributed by atoms with van der Waals surface area (Å²) in [5.41, 5.74) is 0.964. The largest absolute Gasteiger partial charge is 0.331 e. The fraction of sp³-hybridized carbons (Fsp3) is 0.214. The van der Waals surface area contributed by atoms with Gasteiger partial charge in [-0.1, -0.05) is 43.0 Å². The topological polar surface area (TPSA) is 20.3 Å². The molecule has 2 nitrogen and oxygen atoms in total. The van der Waals surface area contributed by atoms with Crippen molar-refractivity contribution < 1.29 is 9.18 Å².